The second-order valence-electron chi connectivity index (χ2n) is 5.36. The van der Waals surface area contributed by atoms with Crippen molar-refractivity contribution in [2.45, 2.75) is 20.0 Å². The summed E-state index contributed by atoms with van der Waals surface area (Å²) in [4.78, 5) is 12.1. The van der Waals surface area contributed by atoms with Crippen molar-refractivity contribution < 1.29 is 4.79 Å². The molecule has 0 fully saturated rings. The molecule has 124 valence electrons. The maximum atomic E-state index is 12.1. The maximum Gasteiger partial charge on any atom is 0.246 e. The first kappa shape index (κ1) is 16.7. The van der Waals surface area contributed by atoms with Crippen molar-refractivity contribution in [2.75, 3.05) is 5.32 Å². The van der Waals surface area contributed by atoms with Crippen LogP contribution in [0.1, 0.15) is 11.3 Å². The Bertz CT molecular complexity index is 836. The van der Waals surface area contributed by atoms with Gasteiger partial charge in [-0.3, -0.25) is 14.2 Å². The minimum atomic E-state index is -0.156. The van der Waals surface area contributed by atoms with Gasteiger partial charge in [0.25, 0.3) is 0 Å². The lowest BCUT2D eigenvalue weighted by molar-refractivity contribution is -0.116. The summed E-state index contributed by atoms with van der Waals surface area (Å²) in [5, 5.41) is 12.0. The zero-order valence-electron chi connectivity index (χ0n) is 12.9. The van der Waals surface area contributed by atoms with Gasteiger partial charge >= 0.3 is 0 Å². The standard InChI is InChI=1S/C16H15BrClN5O/c1-11-15(17)9-23(21-11)10-16(24)20-14-6-19-22(8-14)7-12-2-4-13(18)5-3-12/h2-6,8-9H,7,10H2,1H3,(H,20,24). The van der Waals surface area contributed by atoms with Gasteiger partial charge < -0.3 is 5.32 Å². The number of carbonyl (C=O) groups excluding carboxylic acids is 1. The van der Waals surface area contributed by atoms with Gasteiger partial charge in [-0.15, -0.1) is 0 Å². The molecule has 0 unspecified atom stereocenters. The molecule has 3 aromatic rings. The highest BCUT2D eigenvalue weighted by molar-refractivity contribution is 9.10. The van der Waals surface area contributed by atoms with Crippen molar-refractivity contribution in [3.8, 4) is 0 Å². The van der Waals surface area contributed by atoms with Crippen LogP contribution < -0.4 is 5.32 Å². The molecular weight excluding hydrogens is 394 g/mol. The van der Waals surface area contributed by atoms with Gasteiger partial charge in [-0.2, -0.15) is 10.2 Å². The summed E-state index contributed by atoms with van der Waals surface area (Å²) >= 11 is 9.25. The third-order valence-electron chi connectivity index (χ3n) is 3.37. The molecule has 6 nitrogen and oxygen atoms in total. The summed E-state index contributed by atoms with van der Waals surface area (Å²) in [5.74, 6) is -0.156. The van der Waals surface area contributed by atoms with Crippen LogP contribution in [0.5, 0.6) is 0 Å². The van der Waals surface area contributed by atoms with Gasteiger partial charge in [0.2, 0.25) is 5.91 Å². The monoisotopic (exact) mass is 407 g/mol. The van der Waals surface area contributed by atoms with Gasteiger partial charge in [-0.25, -0.2) is 0 Å². The Morgan fingerprint density at radius 2 is 2.00 bits per heavy atom. The maximum absolute atomic E-state index is 12.1. The number of halogens is 2. The van der Waals surface area contributed by atoms with Crippen LogP contribution in [0.2, 0.25) is 5.02 Å². The van der Waals surface area contributed by atoms with Crippen molar-refractivity contribution in [2.24, 2.45) is 0 Å². The van der Waals surface area contributed by atoms with Gasteiger partial charge in [0.1, 0.15) is 6.54 Å². The Hall–Kier alpha value is -2.12. The van der Waals surface area contributed by atoms with Crippen LogP contribution in [0.15, 0.2) is 47.3 Å². The normalized spacial score (nSPS) is 10.8. The van der Waals surface area contributed by atoms with Crippen LogP contribution in [0.25, 0.3) is 0 Å². The van der Waals surface area contributed by atoms with Gasteiger partial charge in [-0.05, 0) is 40.5 Å². The van der Waals surface area contributed by atoms with E-state index in [1.54, 1.807) is 28.0 Å². The number of rotatable bonds is 5. The van der Waals surface area contributed by atoms with Gasteiger partial charge in [0, 0.05) is 17.4 Å². The second-order valence-corrected chi connectivity index (χ2v) is 6.65. The molecule has 2 aromatic heterocycles. The fourth-order valence-electron chi connectivity index (χ4n) is 2.21. The molecular formula is C16H15BrClN5O. The van der Waals surface area contributed by atoms with Crippen molar-refractivity contribution in [3.05, 3.63) is 63.6 Å². The van der Waals surface area contributed by atoms with Crippen LogP contribution in [0.4, 0.5) is 5.69 Å². The SMILES string of the molecule is Cc1nn(CC(=O)Nc2cnn(Cc3ccc(Cl)cc3)c2)cc1Br. The van der Waals surface area contributed by atoms with Crippen molar-refractivity contribution in [1.29, 1.82) is 0 Å². The summed E-state index contributed by atoms with van der Waals surface area (Å²) in [6, 6.07) is 7.57. The molecule has 0 radical (unpaired) electrons. The highest BCUT2D eigenvalue weighted by atomic mass is 79.9. The van der Waals surface area contributed by atoms with Crippen LogP contribution in [0, 0.1) is 6.92 Å². The lowest BCUT2D eigenvalue weighted by Gasteiger charge is -2.03. The highest BCUT2D eigenvalue weighted by Gasteiger charge is 2.08. The van der Waals surface area contributed by atoms with Gasteiger partial charge in [0.15, 0.2) is 0 Å². The van der Waals surface area contributed by atoms with E-state index in [1.807, 2.05) is 31.2 Å². The fourth-order valence-corrected chi connectivity index (χ4v) is 2.66. The zero-order chi connectivity index (χ0) is 17.1. The number of carbonyl (C=O) groups is 1. The molecule has 3 rings (SSSR count). The molecule has 2 heterocycles. The first-order chi connectivity index (χ1) is 11.5. The first-order valence-electron chi connectivity index (χ1n) is 7.26. The highest BCUT2D eigenvalue weighted by Crippen LogP contribution is 2.14. The molecule has 24 heavy (non-hydrogen) atoms. The Morgan fingerprint density at radius 3 is 2.67 bits per heavy atom. The molecule has 1 N–H and O–H groups in total. The van der Waals surface area contributed by atoms with Crippen molar-refractivity contribution in [3.63, 3.8) is 0 Å². The number of aromatic nitrogens is 4. The van der Waals surface area contributed by atoms with E-state index >= 15 is 0 Å². The Balaban J connectivity index is 1.59. The number of amides is 1. The summed E-state index contributed by atoms with van der Waals surface area (Å²) < 4.78 is 4.23. The van der Waals surface area contributed by atoms with E-state index in [0.29, 0.717) is 17.3 Å². The van der Waals surface area contributed by atoms with Crippen molar-refractivity contribution in [1.82, 2.24) is 19.6 Å². The number of benzene rings is 1. The summed E-state index contributed by atoms with van der Waals surface area (Å²) in [6.07, 6.45) is 5.19. The van der Waals surface area contributed by atoms with Crippen LogP contribution in [0.3, 0.4) is 0 Å². The summed E-state index contributed by atoms with van der Waals surface area (Å²) in [7, 11) is 0. The lowest BCUT2D eigenvalue weighted by Crippen LogP contribution is -2.18. The second kappa shape index (κ2) is 7.19. The molecule has 0 saturated heterocycles. The molecule has 1 aromatic carbocycles. The van der Waals surface area contributed by atoms with E-state index in [4.69, 9.17) is 11.6 Å². The molecule has 0 saturated carbocycles. The van der Waals surface area contributed by atoms with Gasteiger partial charge in [-0.1, -0.05) is 23.7 Å². The average molecular weight is 409 g/mol. The van der Waals surface area contributed by atoms with E-state index in [9.17, 15) is 4.79 Å². The third kappa shape index (κ3) is 4.24. The van der Waals surface area contributed by atoms with E-state index < -0.39 is 0 Å². The quantitative estimate of drug-likeness (QED) is 0.703. The molecule has 0 aliphatic carbocycles. The number of hydrogen-bond acceptors (Lipinski definition) is 3. The van der Waals surface area contributed by atoms with E-state index in [-0.39, 0.29) is 12.5 Å². The third-order valence-corrected chi connectivity index (χ3v) is 4.40. The Kier molecular flexibility index (Phi) is 5.01. The minimum absolute atomic E-state index is 0.148. The molecule has 0 spiro atoms. The van der Waals surface area contributed by atoms with Crippen LogP contribution in [-0.4, -0.2) is 25.5 Å². The smallest absolute Gasteiger partial charge is 0.246 e. The Labute approximate surface area is 152 Å². The molecule has 0 aliphatic heterocycles. The van der Waals surface area contributed by atoms with Crippen LogP contribution in [-0.2, 0) is 17.9 Å². The summed E-state index contributed by atoms with van der Waals surface area (Å²) in [6.45, 7) is 2.63. The molecule has 1 amide bonds. The topological polar surface area (TPSA) is 64.7 Å². The average Bonchev–Trinajstić information content (AvgIpc) is 3.08. The molecule has 0 atom stereocenters. The van der Waals surface area contributed by atoms with E-state index in [1.165, 1.54) is 0 Å². The number of nitrogens with zero attached hydrogens (tertiary/aromatic N) is 4. The molecule has 8 heteroatoms. The number of aryl methyl sites for hydroxylation is 1. The number of anilines is 1. The minimum Gasteiger partial charge on any atom is -0.322 e. The van der Waals surface area contributed by atoms with Gasteiger partial charge in [0.05, 0.1) is 28.6 Å². The fraction of sp³-hybridized carbons (Fsp3) is 0.188. The number of nitrogens with one attached hydrogen (secondary N) is 1. The van der Waals surface area contributed by atoms with E-state index in [2.05, 4.69) is 31.4 Å². The largest absolute Gasteiger partial charge is 0.322 e. The predicted molar refractivity (Wildman–Crippen MR) is 96.1 cm³/mol. The Morgan fingerprint density at radius 1 is 1.25 bits per heavy atom. The molecule has 0 bridgehead atoms. The first-order valence-corrected chi connectivity index (χ1v) is 8.43. The molecule has 0 aliphatic rings. The zero-order valence-corrected chi connectivity index (χ0v) is 15.3. The lowest BCUT2D eigenvalue weighted by atomic mass is 10.2. The van der Waals surface area contributed by atoms with Crippen molar-refractivity contribution >= 4 is 39.1 Å². The predicted octanol–water partition coefficient (Wildman–Crippen LogP) is 3.49. The summed E-state index contributed by atoms with van der Waals surface area (Å²) in [5.41, 5.74) is 2.58. The van der Waals surface area contributed by atoms with E-state index in [0.717, 1.165) is 15.7 Å². The number of hydrogen-bond donors (Lipinski definition) is 1. The van der Waals surface area contributed by atoms with Crippen LogP contribution >= 0.6 is 27.5 Å².